The molecule has 1 heterocycles. The van der Waals surface area contributed by atoms with Crippen LogP contribution in [-0.2, 0) is 19.1 Å². The third kappa shape index (κ3) is 2.07. The molecular formula is C18H26O4. The van der Waals surface area contributed by atoms with Crippen molar-refractivity contribution in [3.8, 4) is 0 Å². The number of ketones is 1. The monoisotopic (exact) mass is 306 g/mol. The van der Waals surface area contributed by atoms with E-state index in [9.17, 15) is 9.59 Å². The zero-order valence-electron chi connectivity index (χ0n) is 13.8. The summed E-state index contributed by atoms with van der Waals surface area (Å²) in [7, 11) is 1.43. The van der Waals surface area contributed by atoms with E-state index < -0.39 is 0 Å². The van der Waals surface area contributed by atoms with Crippen LogP contribution >= 0.6 is 0 Å². The Hall–Kier alpha value is -1.16. The largest absolute Gasteiger partial charge is 0.469 e. The lowest BCUT2D eigenvalue weighted by Crippen LogP contribution is -2.55. The fourth-order valence-electron chi connectivity index (χ4n) is 5.13. The number of carbonyl (C=O) groups is 2. The molecule has 1 saturated carbocycles. The lowest BCUT2D eigenvalue weighted by Gasteiger charge is -2.54. The standard InChI is InChI=1S/C18H26O4/c1-12-9-15(19)18-11-22-10-13(18)5-4-6-14(18)17(12,2)8-7-16(20)21-3/h9,13-14H,4-8,10-11H2,1-3H3/t13-,14+,17-,18-/m0/s1. The molecule has 22 heavy (non-hydrogen) atoms. The Kier molecular flexibility index (Phi) is 3.92. The number of hydrogen-bond donors (Lipinski definition) is 0. The molecule has 2 fully saturated rings. The molecule has 1 aliphatic heterocycles. The van der Waals surface area contributed by atoms with Crippen LogP contribution in [0, 0.1) is 22.7 Å². The molecular weight excluding hydrogens is 280 g/mol. The average molecular weight is 306 g/mol. The van der Waals surface area contributed by atoms with Crippen LogP contribution in [0.5, 0.6) is 0 Å². The maximum Gasteiger partial charge on any atom is 0.305 e. The Morgan fingerprint density at radius 2 is 2.23 bits per heavy atom. The van der Waals surface area contributed by atoms with Crippen molar-refractivity contribution in [2.45, 2.75) is 46.0 Å². The first kappa shape index (κ1) is 15.7. The zero-order valence-corrected chi connectivity index (χ0v) is 13.8. The molecule has 0 aromatic rings. The molecule has 4 atom stereocenters. The summed E-state index contributed by atoms with van der Waals surface area (Å²) in [5.41, 5.74) is 0.654. The number of ether oxygens (including phenoxy) is 2. The molecule has 0 N–H and O–H groups in total. The van der Waals surface area contributed by atoms with E-state index in [1.165, 1.54) is 7.11 Å². The molecule has 0 aromatic carbocycles. The zero-order chi connectivity index (χ0) is 16.0. The maximum absolute atomic E-state index is 12.9. The van der Waals surface area contributed by atoms with Crippen LogP contribution in [-0.4, -0.2) is 32.1 Å². The predicted molar refractivity (Wildman–Crippen MR) is 82.2 cm³/mol. The number of esters is 1. The molecule has 0 unspecified atom stereocenters. The molecule has 122 valence electrons. The topological polar surface area (TPSA) is 52.6 Å². The molecule has 3 rings (SSSR count). The van der Waals surface area contributed by atoms with Crippen LogP contribution in [0.2, 0.25) is 0 Å². The molecule has 1 saturated heterocycles. The van der Waals surface area contributed by atoms with Gasteiger partial charge in [-0.2, -0.15) is 0 Å². The van der Waals surface area contributed by atoms with Crippen molar-refractivity contribution >= 4 is 11.8 Å². The maximum atomic E-state index is 12.9. The first-order valence-corrected chi connectivity index (χ1v) is 8.33. The van der Waals surface area contributed by atoms with Gasteiger partial charge in [-0.15, -0.1) is 0 Å². The van der Waals surface area contributed by atoms with Crippen molar-refractivity contribution in [1.29, 1.82) is 0 Å². The number of hydrogen-bond acceptors (Lipinski definition) is 4. The third-order valence-electron chi connectivity index (χ3n) is 6.61. The number of allylic oxidation sites excluding steroid dienone is 2. The molecule has 1 spiro atoms. The molecule has 0 radical (unpaired) electrons. The van der Waals surface area contributed by atoms with E-state index >= 15 is 0 Å². The summed E-state index contributed by atoms with van der Waals surface area (Å²) >= 11 is 0. The summed E-state index contributed by atoms with van der Waals surface area (Å²) in [6, 6.07) is 0. The van der Waals surface area contributed by atoms with E-state index in [1.807, 2.05) is 13.0 Å². The van der Waals surface area contributed by atoms with Crippen molar-refractivity contribution in [3.05, 3.63) is 11.6 Å². The number of carbonyl (C=O) groups excluding carboxylic acids is 2. The molecule has 3 aliphatic rings. The first-order chi connectivity index (χ1) is 10.4. The minimum Gasteiger partial charge on any atom is -0.469 e. The highest BCUT2D eigenvalue weighted by Gasteiger charge is 2.62. The van der Waals surface area contributed by atoms with E-state index in [0.29, 0.717) is 25.6 Å². The van der Waals surface area contributed by atoms with E-state index in [2.05, 4.69) is 6.92 Å². The molecule has 4 heteroatoms. The second-order valence-corrected chi connectivity index (χ2v) is 7.42. The van der Waals surface area contributed by atoms with E-state index in [-0.39, 0.29) is 28.5 Å². The van der Waals surface area contributed by atoms with Crippen molar-refractivity contribution in [3.63, 3.8) is 0 Å². The Morgan fingerprint density at radius 1 is 1.45 bits per heavy atom. The molecule has 4 nitrogen and oxygen atoms in total. The summed E-state index contributed by atoms with van der Waals surface area (Å²) < 4.78 is 10.6. The lowest BCUT2D eigenvalue weighted by atomic mass is 9.47. The highest BCUT2D eigenvalue weighted by Crippen LogP contribution is 2.61. The van der Waals surface area contributed by atoms with Gasteiger partial charge in [-0.05, 0) is 49.5 Å². The van der Waals surface area contributed by atoms with Gasteiger partial charge in [0.25, 0.3) is 0 Å². The van der Waals surface area contributed by atoms with E-state index in [0.717, 1.165) is 31.3 Å². The predicted octanol–water partition coefficient (Wildman–Crippen LogP) is 2.91. The molecule has 2 aliphatic carbocycles. The fourth-order valence-corrected chi connectivity index (χ4v) is 5.13. The van der Waals surface area contributed by atoms with Gasteiger partial charge in [0.15, 0.2) is 5.78 Å². The smallest absolute Gasteiger partial charge is 0.305 e. The van der Waals surface area contributed by atoms with Gasteiger partial charge in [0.2, 0.25) is 0 Å². The molecule has 0 amide bonds. The molecule has 0 aromatic heterocycles. The van der Waals surface area contributed by atoms with Crippen molar-refractivity contribution in [2.24, 2.45) is 22.7 Å². The fraction of sp³-hybridized carbons (Fsp3) is 0.778. The quantitative estimate of drug-likeness (QED) is 0.752. The Labute approximate surface area is 132 Å². The van der Waals surface area contributed by atoms with Crippen LogP contribution in [0.3, 0.4) is 0 Å². The van der Waals surface area contributed by atoms with Crippen molar-refractivity contribution < 1.29 is 19.1 Å². The van der Waals surface area contributed by atoms with E-state index in [4.69, 9.17) is 9.47 Å². The van der Waals surface area contributed by atoms with Gasteiger partial charge in [-0.25, -0.2) is 0 Å². The van der Waals surface area contributed by atoms with Gasteiger partial charge >= 0.3 is 5.97 Å². The van der Waals surface area contributed by atoms with Gasteiger partial charge in [-0.3, -0.25) is 9.59 Å². The van der Waals surface area contributed by atoms with Gasteiger partial charge < -0.3 is 9.47 Å². The summed E-state index contributed by atoms with van der Waals surface area (Å²) in [6.07, 6.45) is 6.27. The molecule has 0 bridgehead atoms. The van der Waals surface area contributed by atoms with Gasteiger partial charge in [0, 0.05) is 6.42 Å². The van der Waals surface area contributed by atoms with E-state index in [1.54, 1.807) is 0 Å². The van der Waals surface area contributed by atoms with Crippen LogP contribution < -0.4 is 0 Å². The third-order valence-corrected chi connectivity index (χ3v) is 6.61. The Morgan fingerprint density at radius 3 is 2.95 bits per heavy atom. The van der Waals surface area contributed by atoms with Gasteiger partial charge in [-0.1, -0.05) is 18.9 Å². The normalized spacial score (nSPS) is 40.7. The van der Waals surface area contributed by atoms with Crippen LogP contribution in [0.4, 0.5) is 0 Å². The number of methoxy groups -OCH3 is 1. The van der Waals surface area contributed by atoms with Gasteiger partial charge in [0.05, 0.1) is 25.7 Å². The highest BCUT2D eigenvalue weighted by molar-refractivity contribution is 5.98. The number of rotatable bonds is 3. The Balaban J connectivity index is 1.97. The van der Waals surface area contributed by atoms with Crippen LogP contribution in [0.1, 0.15) is 46.0 Å². The summed E-state index contributed by atoms with van der Waals surface area (Å²) in [4.78, 5) is 24.5. The second-order valence-electron chi connectivity index (χ2n) is 7.42. The van der Waals surface area contributed by atoms with Gasteiger partial charge in [0.1, 0.15) is 0 Å². The second kappa shape index (κ2) is 5.48. The minimum absolute atomic E-state index is 0.117. The summed E-state index contributed by atoms with van der Waals surface area (Å²) in [5, 5.41) is 0. The minimum atomic E-state index is -0.345. The van der Waals surface area contributed by atoms with Crippen molar-refractivity contribution in [2.75, 3.05) is 20.3 Å². The lowest BCUT2D eigenvalue weighted by molar-refractivity contribution is -0.143. The summed E-state index contributed by atoms with van der Waals surface area (Å²) in [5.74, 6) is 0.715. The average Bonchev–Trinajstić information content (AvgIpc) is 2.95. The summed E-state index contributed by atoms with van der Waals surface area (Å²) in [6.45, 7) is 5.53. The van der Waals surface area contributed by atoms with Crippen LogP contribution in [0.25, 0.3) is 0 Å². The first-order valence-electron chi connectivity index (χ1n) is 8.33. The SMILES string of the molecule is COC(=O)CC[C@@]1(C)C(C)=CC(=O)[C@@]23COC[C@@H]2CCC[C@@H]31. The van der Waals surface area contributed by atoms with Crippen LogP contribution in [0.15, 0.2) is 11.6 Å². The Bertz CT molecular complexity index is 523. The van der Waals surface area contributed by atoms with Crippen molar-refractivity contribution in [1.82, 2.24) is 0 Å². The highest BCUT2D eigenvalue weighted by atomic mass is 16.5.